The van der Waals surface area contributed by atoms with Crippen LogP contribution in [0.4, 0.5) is 4.39 Å². The van der Waals surface area contributed by atoms with Gasteiger partial charge in [-0.25, -0.2) is 27.7 Å². The zero-order valence-electron chi connectivity index (χ0n) is 16.2. The minimum atomic E-state index is -3.99. The predicted molar refractivity (Wildman–Crippen MR) is 104 cm³/mol. The van der Waals surface area contributed by atoms with E-state index in [0.29, 0.717) is 5.69 Å². The number of hydrogen-bond acceptors (Lipinski definition) is 8. The summed E-state index contributed by atoms with van der Waals surface area (Å²) in [5, 5.41) is 9.05. The summed E-state index contributed by atoms with van der Waals surface area (Å²) in [4.78, 5) is 28.2. The van der Waals surface area contributed by atoms with Crippen molar-refractivity contribution in [2.75, 3.05) is 6.61 Å². The minimum Gasteiger partial charge on any atom is -0.471 e. The fraction of sp³-hybridized carbons (Fsp3) is 0.158. The van der Waals surface area contributed by atoms with Crippen LogP contribution in [0.3, 0.4) is 0 Å². The van der Waals surface area contributed by atoms with Crippen molar-refractivity contribution in [1.82, 2.24) is 14.8 Å². The van der Waals surface area contributed by atoms with Crippen molar-refractivity contribution in [3.05, 3.63) is 71.4 Å². The van der Waals surface area contributed by atoms with Crippen LogP contribution < -0.4 is 9.88 Å². The van der Waals surface area contributed by atoms with Crippen LogP contribution >= 0.6 is 0 Å². The van der Waals surface area contributed by atoms with E-state index in [1.54, 1.807) is 7.05 Å². The van der Waals surface area contributed by atoms with Crippen molar-refractivity contribution >= 4 is 21.8 Å². The molecule has 0 aliphatic heterocycles. The first-order chi connectivity index (χ1) is 14.6. The molecule has 1 aromatic carbocycles. The summed E-state index contributed by atoms with van der Waals surface area (Å²) in [7, 11) is -2.40. The summed E-state index contributed by atoms with van der Waals surface area (Å²) >= 11 is 0. The Hall–Kier alpha value is -3.64. The number of carbonyl (C=O) groups excluding carboxylic acids is 2. The van der Waals surface area contributed by atoms with Gasteiger partial charge in [0.1, 0.15) is 12.4 Å². The molecule has 2 aromatic heterocycles. The number of ketones is 1. The molecule has 0 radical (unpaired) electrons. The number of nitrogens with two attached hydrogens (primary N) is 1. The van der Waals surface area contributed by atoms with Gasteiger partial charge in [-0.2, -0.15) is 5.10 Å². The molecule has 3 rings (SSSR count). The predicted octanol–water partition coefficient (Wildman–Crippen LogP) is 1.22. The lowest BCUT2D eigenvalue weighted by Gasteiger charge is -2.09. The van der Waals surface area contributed by atoms with E-state index < -0.39 is 34.2 Å². The second kappa shape index (κ2) is 9.02. The Morgan fingerprint density at radius 1 is 1.19 bits per heavy atom. The van der Waals surface area contributed by atoms with Gasteiger partial charge in [0, 0.05) is 13.1 Å². The first kappa shape index (κ1) is 22.1. The van der Waals surface area contributed by atoms with E-state index in [4.69, 9.17) is 14.6 Å². The molecule has 2 heterocycles. The summed E-state index contributed by atoms with van der Waals surface area (Å²) in [6, 6.07) is 7.47. The molecule has 0 bridgehead atoms. The number of Topliss-reactive ketones (excluding diaryl/α,β-unsaturated/α-hetero) is 1. The molecule has 0 atom stereocenters. The molecule has 0 saturated carbocycles. The highest BCUT2D eigenvalue weighted by atomic mass is 32.2. The zero-order valence-corrected chi connectivity index (χ0v) is 17.0. The average Bonchev–Trinajstić information content (AvgIpc) is 3.11. The molecule has 31 heavy (non-hydrogen) atoms. The van der Waals surface area contributed by atoms with Crippen LogP contribution in [0, 0.1) is 5.82 Å². The highest BCUT2D eigenvalue weighted by Crippen LogP contribution is 2.15. The number of carbonyl (C=O) groups is 2. The summed E-state index contributed by atoms with van der Waals surface area (Å²) in [6.07, 6.45) is 2.30. The van der Waals surface area contributed by atoms with Gasteiger partial charge in [-0.1, -0.05) is 6.07 Å². The third-order valence-corrected chi connectivity index (χ3v) is 5.06. The van der Waals surface area contributed by atoms with Gasteiger partial charge < -0.3 is 9.47 Å². The molecule has 10 nitrogen and oxygen atoms in total. The number of nitrogens with zero attached hydrogens (tertiary/aromatic N) is 3. The number of hydrogen-bond donors (Lipinski definition) is 1. The van der Waals surface area contributed by atoms with E-state index in [2.05, 4.69) is 10.1 Å². The lowest BCUT2D eigenvalue weighted by Crippen LogP contribution is -2.17. The van der Waals surface area contributed by atoms with Gasteiger partial charge in [0.2, 0.25) is 21.7 Å². The number of halogens is 1. The maximum absolute atomic E-state index is 12.9. The molecule has 0 aliphatic rings. The molecule has 2 N–H and O–H groups in total. The van der Waals surface area contributed by atoms with Crippen molar-refractivity contribution in [2.45, 2.75) is 11.5 Å². The van der Waals surface area contributed by atoms with Crippen LogP contribution in [0.15, 0.2) is 53.7 Å². The zero-order chi connectivity index (χ0) is 22.6. The molecule has 0 saturated heterocycles. The van der Waals surface area contributed by atoms with Gasteiger partial charge in [-0.15, -0.1) is 0 Å². The number of aromatic nitrogens is 3. The van der Waals surface area contributed by atoms with Crippen molar-refractivity contribution < 1.29 is 31.9 Å². The molecule has 0 aliphatic carbocycles. The van der Waals surface area contributed by atoms with Crippen molar-refractivity contribution in [3.8, 4) is 5.88 Å². The van der Waals surface area contributed by atoms with Crippen LogP contribution in [0.2, 0.25) is 0 Å². The van der Waals surface area contributed by atoms with Gasteiger partial charge in [0.05, 0.1) is 34.1 Å². The summed E-state index contributed by atoms with van der Waals surface area (Å²) in [5.74, 6) is -1.80. The normalized spacial score (nSPS) is 11.2. The Morgan fingerprint density at radius 3 is 2.65 bits per heavy atom. The summed E-state index contributed by atoms with van der Waals surface area (Å²) < 4.78 is 47.6. The van der Waals surface area contributed by atoms with E-state index in [1.165, 1.54) is 41.2 Å². The highest BCUT2D eigenvalue weighted by Gasteiger charge is 2.20. The molecule has 0 fully saturated rings. The number of aryl methyl sites for hydroxylation is 1. The Kier molecular flexibility index (Phi) is 6.42. The van der Waals surface area contributed by atoms with E-state index in [0.717, 1.165) is 12.3 Å². The number of esters is 1. The molecule has 162 valence electrons. The summed E-state index contributed by atoms with van der Waals surface area (Å²) in [5.41, 5.74) is 0.482. The number of rotatable bonds is 8. The SMILES string of the molecule is Cn1ncc(C(=O)COC(=O)c2cccc(S(N)(=O)=O)c2)c1COc1ccc(F)cn1. The summed E-state index contributed by atoms with van der Waals surface area (Å²) in [6.45, 7) is -0.688. The van der Waals surface area contributed by atoms with Crippen molar-refractivity contribution in [1.29, 1.82) is 0 Å². The van der Waals surface area contributed by atoms with Crippen LogP contribution in [0.25, 0.3) is 0 Å². The minimum absolute atomic E-state index is 0.0727. The van der Waals surface area contributed by atoms with E-state index >= 15 is 0 Å². The van der Waals surface area contributed by atoms with Crippen LogP contribution in [0.1, 0.15) is 26.4 Å². The quantitative estimate of drug-likeness (QED) is 0.400. The topological polar surface area (TPSA) is 143 Å². The Bertz CT molecular complexity index is 1220. The lowest BCUT2D eigenvalue weighted by molar-refractivity contribution is 0.0474. The number of primary sulfonamides is 1. The maximum atomic E-state index is 12.9. The smallest absolute Gasteiger partial charge is 0.338 e. The second-order valence-electron chi connectivity index (χ2n) is 6.30. The first-order valence-corrected chi connectivity index (χ1v) is 10.3. The number of ether oxygens (including phenoxy) is 2. The molecular formula is C19H17FN4O6S. The van der Waals surface area contributed by atoms with Crippen molar-refractivity contribution in [2.24, 2.45) is 12.2 Å². The van der Waals surface area contributed by atoms with Gasteiger partial charge >= 0.3 is 5.97 Å². The third-order valence-electron chi connectivity index (χ3n) is 4.15. The number of benzene rings is 1. The molecule has 3 aromatic rings. The molecule has 0 amide bonds. The van der Waals surface area contributed by atoms with Gasteiger partial charge in [0.25, 0.3) is 0 Å². The fourth-order valence-corrected chi connectivity index (χ4v) is 3.11. The largest absolute Gasteiger partial charge is 0.471 e. The monoisotopic (exact) mass is 448 g/mol. The first-order valence-electron chi connectivity index (χ1n) is 8.73. The Morgan fingerprint density at radius 2 is 1.97 bits per heavy atom. The van der Waals surface area contributed by atoms with Gasteiger partial charge in [0.15, 0.2) is 6.61 Å². The molecule has 12 heteroatoms. The Balaban J connectivity index is 1.66. The molecule has 0 unspecified atom stereocenters. The van der Waals surface area contributed by atoms with E-state index in [-0.39, 0.29) is 28.5 Å². The maximum Gasteiger partial charge on any atom is 0.338 e. The number of sulfonamides is 1. The molecule has 0 spiro atoms. The van der Waals surface area contributed by atoms with Gasteiger partial charge in [-0.05, 0) is 24.3 Å². The van der Waals surface area contributed by atoms with Crippen LogP contribution in [-0.2, 0) is 28.4 Å². The average molecular weight is 448 g/mol. The van der Waals surface area contributed by atoms with E-state index in [9.17, 15) is 22.4 Å². The van der Waals surface area contributed by atoms with Crippen molar-refractivity contribution in [3.63, 3.8) is 0 Å². The van der Waals surface area contributed by atoms with Gasteiger partial charge in [-0.3, -0.25) is 9.48 Å². The standard InChI is InChI=1S/C19H17FN4O6S/c1-24-16(10-29-18-6-5-13(20)8-22-18)15(9-23-24)17(25)11-30-19(26)12-3-2-4-14(7-12)31(21,27)28/h2-9H,10-11H2,1H3,(H2,21,27,28). The second-order valence-corrected chi connectivity index (χ2v) is 7.87. The Labute approximate surface area is 176 Å². The molecular weight excluding hydrogens is 431 g/mol. The van der Waals surface area contributed by atoms with E-state index in [1.807, 2.05) is 0 Å². The lowest BCUT2D eigenvalue weighted by atomic mass is 10.1. The fourth-order valence-electron chi connectivity index (χ4n) is 2.55. The highest BCUT2D eigenvalue weighted by molar-refractivity contribution is 7.89. The number of pyridine rings is 1. The van der Waals surface area contributed by atoms with Crippen LogP contribution in [0.5, 0.6) is 5.88 Å². The third kappa shape index (κ3) is 5.49. The van der Waals surface area contributed by atoms with Crippen LogP contribution in [-0.4, -0.2) is 41.5 Å².